The van der Waals surface area contributed by atoms with Crippen LogP contribution in [0.25, 0.3) is 0 Å². The lowest BCUT2D eigenvalue weighted by Gasteiger charge is -2.35. The molecular weight excluding hydrogens is 276 g/mol. The van der Waals surface area contributed by atoms with Gasteiger partial charge >= 0.3 is 0 Å². The summed E-state index contributed by atoms with van der Waals surface area (Å²) in [6.45, 7) is 8.83. The number of ether oxygens (including phenoxy) is 1. The van der Waals surface area contributed by atoms with E-state index in [-0.39, 0.29) is 6.10 Å². The quantitative estimate of drug-likeness (QED) is 0.858. The molecule has 22 heavy (non-hydrogen) atoms. The molecule has 1 aliphatic carbocycles. The van der Waals surface area contributed by atoms with E-state index in [0.717, 1.165) is 43.3 Å². The van der Waals surface area contributed by atoms with Gasteiger partial charge in [-0.15, -0.1) is 10.2 Å². The fourth-order valence-corrected chi connectivity index (χ4v) is 4.36. The first-order valence-corrected chi connectivity index (χ1v) is 8.79. The Morgan fingerprint density at radius 1 is 1.23 bits per heavy atom. The fraction of sp³-hybridized carbons (Fsp3) is 0.882. The van der Waals surface area contributed by atoms with E-state index in [0.29, 0.717) is 0 Å². The Hall–Kier alpha value is -0.940. The third-order valence-corrected chi connectivity index (χ3v) is 5.31. The molecule has 2 aliphatic rings. The standard InChI is InChI=1S/C17H30N4O/c1-13-8-14(2)10-15(9-13)4-5-21-6-7-22-16(11-21)17-19-18-12-20(17)3/h12-16H,4-11H2,1-3H3/t13-,14-,16+/m1/s1. The summed E-state index contributed by atoms with van der Waals surface area (Å²) in [6, 6.07) is 0. The van der Waals surface area contributed by atoms with E-state index in [4.69, 9.17) is 4.74 Å². The van der Waals surface area contributed by atoms with Gasteiger partial charge in [-0.05, 0) is 50.0 Å². The topological polar surface area (TPSA) is 43.2 Å². The predicted molar refractivity (Wildman–Crippen MR) is 86.4 cm³/mol. The second-order valence-electron chi connectivity index (χ2n) is 7.53. The Bertz CT molecular complexity index is 465. The van der Waals surface area contributed by atoms with Gasteiger partial charge in [-0.2, -0.15) is 0 Å². The maximum atomic E-state index is 5.89. The van der Waals surface area contributed by atoms with Gasteiger partial charge in [0.25, 0.3) is 0 Å². The summed E-state index contributed by atoms with van der Waals surface area (Å²) < 4.78 is 7.87. The molecule has 0 N–H and O–H groups in total. The highest BCUT2D eigenvalue weighted by Gasteiger charge is 2.27. The Kier molecular flexibility index (Phi) is 5.14. The lowest BCUT2D eigenvalue weighted by Crippen LogP contribution is -2.40. The molecule has 0 spiro atoms. The van der Waals surface area contributed by atoms with E-state index in [1.165, 1.54) is 32.2 Å². The zero-order valence-corrected chi connectivity index (χ0v) is 14.2. The van der Waals surface area contributed by atoms with Crippen molar-refractivity contribution in [2.75, 3.05) is 26.2 Å². The molecule has 124 valence electrons. The Labute approximate surface area is 134 Å². The lowest BCUT2D eigenvalue weighted by atomic mass is 9.75. The number of hydrogen-bond acceptors (Lipinski definition) is 4. The highest BCUT2D eigenvalue weighted by molar-refractivity contribution is 4.94. The van der Waals surface area contributed by atoms with Crippen molar-refractivity contribution in [2.24, 2.45) is 24.8 Å². The van der Waals surface area contributed by atoms with Gasteiger partial charge in [-0.1, -0.05) is 13.8 Å². The van der Waals surface area contributed by atoms with Crippen molar-refractivity contribution in [3.63, 3.8) is 0 Å². The molecule has 0 aromatic carbocycles. The maximum absolute atomic E-state index is 5.89. The summed E-state index contributed by atoms with van der Waals surface area (Å²) in [7, 11) is 1.99. The molecule has 1 aromatic rings. The van der Waals surface area contributed by atoms with Gasteiger partial charge < -0.3 is 9.30 Å². The van der Waals surface area contributed by atoms with Crippen LogP contribution < -0.4 is 0 Å². The van der Waals surface area contributed by atoms with Crippen molar-refractivity contribution >= 4 is 0 Å². The van der Waals surface area contributed by atoms with Crippen molar-refractivity contribution in [3.8, 4) is 0 Å². The summed E-state index contributed by atoms with van der Waals surface area (Å²) in [6.07, 6.45) is 7.42. The Morgan fingerprint density at radius 2 is 2.00 bits per heavy atom. The van der Waals surface area contributed by atoms with E-state index in [2.05, 4.69) is 28.9 Å². The van der Waals surface area contributed by atoms with E-state index in [1.807, 2.05) is 11.6 Å². The third-order valence-electron chi connectivity index (χ3n) is 5.31. The first kappa shape index (κ1) is 15.9. The molecule has 2 fully saturated rings. The highest BCUT2D eigenvalue weighted by Crippen LogP contribution is 2.34. The molecule has 5 nitrogen and oxygen atoms in total. The average molecular weight is 306 g/mol. The van der Waals surface area contributed by atoms with Gasteiger partial charge in [0.05, 0.1) is 6.61 Å². The Morgan fingerprint density at radius 3 is 2.68 bits per heavy atom. The minimum Gasteiger partial charge on any atom is -0.368 e. The third kappa shape index (κ3) is 3.87. The monoisotopic (exact) mass is 306 g/mol. The predicted octanol–water partition coefficient (Wildman–Crippen LogP) is 2.65. The fourth-order valence-electron chi connectivity index (χ4n) is 4.36. The van der Waals surface area contributed by atoms with Crippen LogP contribution in [0.1, 0.15) is 51.5 Å². The van der Waals surface area contributed by atoms with Crippen LogP contribution in [0.2, 0.25) is 0 Å². The molecule has 0 radical (unpaired) electrons. The normalized spacial score (nSPS) is 34.0. The molecule has 1 saturated carbocycles. The minimum atomic E-state index is 0.0745. The number of rotatable bonds is 4. The molecule has 0 amide bonds. The van der Waals surface area contributed by atoms with Crippen LogP contribution in [0.4, 0.5) is 0 Å². The number of nitrogens with zero attached hydrogens (tertiary/aromatic N) is 4. The van der Waals surface area contributed by atoms with Crippen LogP contribution in [-0.2, 0) is 11.8 Å². The summed E-state index contributed by atoms with van der Waals surface area (Å²) in [4.78, 5) is 2.55. The van der Waals surface area contributed by atoms with Crippen LogP contribution in [0, 0.1) is 17.8 Å². The van der Waals surface area contributed by atoms with Gasteiger partial charge in [0.2, 0.25) is 0 Å². The van der Waals surface area contributed by atoms with Crippen LogP contribution in [0.3, 0.4) is 0 Å². The summed E-state index contributed by atoms with van der Waals surface area (Å²) in [5, 5.41) is 8.18. The van der Waals surface area contributed by atoms with E-state index < -0.39 is 0 Å². The SMILES string of the molecule is C[C@H]1CC(CCN2CCO[C@H](c3nncn3C)C2)C[C@H](C)C1. The second kappa shape index (κ2) is 7.09. The van der Waals surface area contributed by atoms with Gasteiger partial charge in [0.15, 0.2) is 5.82 Å². The van der Waals surface area contributed by atoms with Crippen molar-refractivity contribution in [3.05, 3.63) is 12.2 Å². The van der Waals surface area contributed by atoms with E-state index >= 15 is 0 Å². The summed E-state index contributed by atoms with van der Waals surface area (Å²) in [5.74, 6) is 3.68. The number of hydrogen-bond donors (Lipinski definition) is 0. The van der Waals surface area contributed by atoms with Gasteiger partial charge in [0, 0.05) is 20.1 Å². The van der Waals surface area contributed by atoms with Crippen LogP contribution in [-0.4, -0.2) is 45.9 Å². The van der Waals surface area contributed by atoms with Gasteiger partial charge in [0.1, 0.15) is 12.4 Å². The van der Waals surface area contributed by atoms with Crippen molar-refractivity contribution < 1.29 is 4.74 Å². The number of aromatic nitrogens is 3. The van der Waals surface area contributed by atoms with Crippen molar-refractivity contribution in [1.82, 2.24) is 19.7 Å². The van der Waals surface area contributed by atoms with Gasteiger partial charge in [-0.3, -0.25) is 4.90 Å². The van der Waals surface area contributed by atoms with Crippen LogP contribution >= 0.6 is 0 Å². The zero-order valence-electron chi connectivity index (χ0n) is 14.2. The summed E-state index contributed by atoms with van der Waals surface area (Å²) >= 11 is 0. The molecule has 1 aromatic heterocycles. The zero-order chi connectivity index (χ0) is 15.5. The number of aryl methyl sites for hydroxylation is 1. The van der Waals surface area contributed by atoms with Crippen LogP contribution in [0.5, 0.6) is 0 Å². The van der Waals surface area contributed by atoms with Crippen molar-refractivity contribution in [1.29, 1.82) is 0 Å². The van der Waals surface area contributed by atoms with E-state index in [1.54, 1.807) is 6.33 Å². The molecular formula is C17H30N4O. The van der Waals surface area contributed by atoms with Crippen LogP contribution in [0.15, 0.2) is 6.33 Å². The van der Waals surface area contributed by atoms with Crippen molar-refractivity contribution in [2.45, 2.75) is 45.6 Å². The first-order chi connectivity index (χ1) is 10.6. The molecule has 5 heteroatoms. The molecule has 1 saturated heterocycles. The first-order valence-electron chi connectivity index (χ1n) is 8.79. The smallest absolute Gasteiger partial charge is 0.163 e. The maximum Gasteiger partial charge on any atom is 0.163 e. The highest BCUT2D eigenvalue weighted by atomic mass is 16.5. The molecule has 3 rings (SSSR count). The molecule has 3 atom stereocenters. The molecule has 0 unspecified atom stereocenters. The number of morpholine rings is 1. The molecule has 1 aliphatic heterocycles. The minimum absolute atomic E-state index is 0.0745. The van der Waals surface area contributed by atoms with Gasteiger partial charge in [-0.25, -0.2) is 0 Å². The molecule has 0 bridgehead atoms. The second-order valence-corrected chi connectivity index (χ2v) is 7.53. The average Bonchev–Trinajstić information content (AvgIpc) is 2.91. The van der Waals surface area contributed by atoms with E-state index in [9.17, 15) is 0 Å². The summed E-state index contributed by atoms with van der Waals surface area (Å²) in [5.41, 5.74) is 0. The Balaban J connectivity index is 1.49. The molecule has 2 heterocycles. The lowest BCUT2D eigenvalue weighted by molar-refractivity contribution is -0.0378. The largest absolute Gasteiger partial charge is 0.368 e.